The molecule has 0 unspecified atom stereocenters. The first-order valence-electron chi connectivity index (χ1n) is 9.86. The maximum atomic E-state index is 13.2. The summed E-state index contributed by atoms with van der Waals surface area (Å²) in [5.41, 5.74) is 2.57. The normalized spacial score (nSPS) is 21.0. The summed E-state index contributed by atoms with van der Waals surface area (Å²) in [6.45, 7) is 2.81. The molecule has 1 aromatic carbocycles. The van der Waals surface area contributed by atoms with Gasteiger partial charge in [-0.1, -0.05) is 6.07 Å². The van der Waals surface area contributed by atoms with Crippen LogP contribution in [0.2, 0.25) is 0 Å². The zero-order chi connectivity index (χ0) is 20.1. The van der Waals surface area contributed by atoms with Gasteiger partial charge in [-0.3, -0.25) is 14.6 Å². The minimum Gasteiger partial charge on any atom is -0.508 e. The largest absolute Gasteiger partial charge is 0.508 e. The third-order valence-corrected chi connectivity index (χ3v) is 6.14. The van der Waals surface area contributed by atoms with E-state index < -0.39 is 0 Å². The molecule has 5 rings (SSSR count). The van der Waals surface area contributed by atoms with Crippen molar-refractivity contribution in [2.24, 2.45) is 0 Å². The van der Waals surface area contributed by atoms with Crippen LogP contribution in [0.5, 0.6) is 5.75 Å². The molecule has 7 heteroatoms. The summed E-state index contributed by atoms with van der Waals surface area (Å²) in [6, 6.07) is 8.74. The van der Waals surface area contributed by atoms with Crippen LogP contribution in [0.25, 0.3) is 10.9 Å². The molecule has 0 aliphatic carbocycles. The van der Waals surface area contributed by atoms with E-state index in [1.807, 2.05) is 21.9 Å². The van der Waals surface area contributed by atoms with Crippen LogP contribution in [0.3, 0.4) is 0 Å². The molecular formula is C22H22N4O3. The number of nitrogens with one attached hydrogen (secondary N) is 1. The highest BCUT2D eigenvalue weighted by molar-refractivity contribution is 6.04. The number of aromatic nitrogens is 2. The number of fused-ring (bicyclic) bond motifs is 3. The zero-order valence-corrected chi connectivity index (χ0v) is 16.1. The average Bonchev–Trinajstić information content (AvgIpc) is 3.30. The number of hydrogen-bond donors (Lipinski definition) is 2. The molecule has 3 aromatic rings. The molecule has 2 amide bonds. The lowest BCUT2D eigenvalue weighted by molar-refractivity contribution is 0.0358. The first kappa shape index (κ1) is 17.7. The maximum Gasteiger partial charge on any atom is 0.273 e. The number of carbonyl (C=O) groups excluding carboxylic acids is 2. The Bertz CT molecular complexity index is 1110. The molecule has 0 saturated carbocycles. The number of phenols is 1. The molecule has 0 spiro atoms. The highest BCUT2D eigenvalue weighted by Gasteiger charge is 2.44. The predicted molar refractivity (Wildman–Crippen MR) is 108 cm³/mol. The van der Waals surface area contributed by atoms with Crippen LogP contribution < -0.4 is 0 Å². The highest BCUT2D eigenvalue weighted by Crippen LogP contribution is 2.33. The molecule has 2 atom stereocenters. The third-order valence-electron chi connectivity index (χ3n) is 6.14. The number of H-pyrrole nitrogens is 1. The lowest BCUT2D eigenvalue weighted by Crippen LogP contribution is -2.57. The van der Waals surface area contributed by atoms with Crippen LogP contribution in [-0.4, -0.2) is 61.9 Å². The van der Waals surface area contributed by atoms with Crippen LogP contribution in [0.4, 0.5) is 0 Å². The first-order valence-corrected chi connectivity index (χ1v) is 9.86. The number of likely N-dealkylation sites (tertiary alicyclic amines) is 1. The Kier molecular flexibility index (Phi) is 4.04. The number of pyridine rings is 1. The molecule has 29 heavy (non-hydrogen) atoms. The first-order chi connectivity index (χ1) is 14.0. The van der Waals surface area contributed by atoms with Gasteiger partial charge in [0.15, 0.2) is 0 Å². The van der Waals surface area contributed by atoms with Crippen molar-refractivity contribution in [1.29, 1.82) is 0 Å². The lowest BCUT2D eigenvalue weighted by Gasteiger charge is -2.41. The number of aryl methyl sites for hydroxylation is 1. The Morgan fingerprint density at radius 3 is 2.59 bits per heavy atom. The fraction of sp³-hybridized carbons (Fsp3) is 0.318. The molecule has 148 valence electrons. The van der Waals surface area contributed by atoms with Crippen molar-refractivity contribution in [2.75, 3.05) is 13.1 Å². The van der Waals surface area contributed by atoms with Gasteiger partial charge in [-0.25, -0.2) is 0 Å². The Morgan fingerprint density at radius 2 is 1.86 bits per heavy atom. The molecule has 2 N–H and O–H groups in total. The zero-order valence-electron chi connectivity index (χ0n) is 16.1. The molecule has 2 bridgehead atoms. The average molecular weight is 390 g/mol. The molecule has 4 heterocycles. The van der Waals surface area contributed by atoms with Crippen LogP contribution in [-0.2, 0) is 0 Å². The molecule has 0 radical (unpaired) electrons. The van der Waals surface area contributed by atoms with Gasteiger partial charge >= 0.3 is 0 Å². The summed E-state index contributed by atoms with van der Waals surface area (Å²) in [6.07, 6.45) is 5.20. The third kappa shape index (κ3) is 2.85. The van der Waals surface area contributed by atoms with Crippen LogP contribution in [0.15, 0.2) is 42.7 Å². The van der Waals surface area contributed by atoms with E-state index in [-0.39, 0.29) is 29.6 Å². The van der Waals surface area contributed by atoms with E-state index >= 15 is 0 Å². The minimum absolute atomic E-state index is 0.0147. The molecule has 2 aromatic heterocycles. The summed E-state index contributed by atoms with van der Waals surface area (Å²) in [5, 5.41) is 10.8. The highest BCUT2D eigenvalue weighted by atomic mass is 16.3. The van der Waals surface area contributed by atoms with Gasteiger partial charge in [-0.2, -0.15) is 0 Å². The standard InChI is InChI=1S/C22H22N4O3/c1-13-2-3-14(10-19(13)27)21(28)26-15-4-5-16(26)12-25(11-15)22(29)20-17-6-8-23-18(17)7-9-24-20/h2-3,6-10,15-16,23,27H,4-5,11-12H2,1H3/t15-,16+. The predicted octanol–water partition coefficient (Wildman–Crippen LogP) is 2.71. The van der Waals surface area contributed by atoms with Crippen molar-refractivity contribution in [2.45, 2.75) is 31.8 Å². The fourth-order valence-electron chi connectivity index (χ4n) is 4.59. The van der Waals surface area contributed by atoms with E-state index in [1.165, 1.54) is 6.07 Å². The number of amides is 2. The topological polar surface area (TPSA) is 89.5 Å². The van der Waals surface area contributed by atoms with E-state index in [0.717, 1.165) is 29.3 Å². The number of benzene rings is 1. The van der Waals surface area contributed by atoms with Gasteiger partial charge in [-0.05, 0) is 49.6 Å². The van der Waals surface area contributed by atoms with Crippen molar-refractivity contribution in [3.05, 3.63) is 59.5 Å². The molecule has 2 aliphatic rings. The van der Waals surface area contributed by atoms with E-state index in [1.54, 1.807) is 31.5 Å². The van der Waals surface area contributed by atoms with Crippen molar-refractivity contribution in [3.8, 4) is 5.75 Å². The Hall–Kier alpha value is -3.35. The quantitative estimate of drug-likeness (QED) is 0.704. The minimum atomic E-state index is -0.0906. The van der Waals surface area contributed by atoms with E-state index in [4.69, 9.17) is 0 Å². The number of rotatable bonds is 2. The van der Waals surface area contributed by atoms with Crippen LogP contribution in [0.1, 0.15) is 39.3 Å². The molecule has 2 saturated heterocycles. The summed E-state index contributed by atoms with van der Waals surface area (Å²) < 4.78 is 0. The van der Waals surface area contributed by atoms with E-state index in [2.05, 4.69) is 9.97 Å². The number of carbonyl (C=O) groups is 2. The fourth-order valence-corrected chi connectivity index (χ4v) is 4.59. The van der Waals surface area contributed by atoms with Crippen molar-refractivity contribution in [1.82, 2.24) is 19.8 Å². The van der Waals surface area contributed by atoms with Crippen molar-refractivity contribution in [3.63, 3.8) is 0 Å². The molecule has 2 fully saturated rings. The molecular weight excluding hydrogens is 368 g/mol. The van der Waals surface area contributed by atoms with Crippen molar-refractivity contribution < 1.29 is 14.7 Å². The summed E-state index contributed by atoms with van der Waals surface area (Å²) in [7, 11) is 0. The Morgan fingerprint density at radius 1 is 1.10 bits per heavy atom. The van der Waals surface area contributed by atoms with Gasteiger partial charge in [0.05, 0.1) is 12.1 Å². The molecule has 2 aliphatic heterocycles. The number of hydrogen-bond acceptors (Lipinski definition) is 4. The second-order valence-corrected chi connectivity index (χ2v) is 7.91. The number of piperazine rings is 1. The molecule has 7 nitrogen and oxygen atoms in total. The summed E-state index contributed by atoms with van der Waals surface area (Å²) in [4.78, 5) is 37.4. The van der Waals surface area contributed by atoms with Crippen molar-refractivity contribution >= 4 is 22.7 Å². The van der Waals surface area contributed by atoms with Gasteiger partial charge in [0.1, 0.15) is 11.4 Å². The monoisotopic (exact) mass is 390 g/mol. The summed E-state index contributed by atoms with van der Waals surface area (Å²) >= 11 is 0. The van der Waals surface area contributed by atoms with E-state index in [0.29, 0.717) is 24.3 Å². The van der Waals surface area contributed by atoms with Gasteiger partial charge < -0.3 is 19.9 Å². The van der Waals surface area contributed by atoms with Crippen LogP contribution >= 0.6 is 0 Å². The SMILES string of the molecule is Cc1ccc(C(=O)N2[C@@H]3CC[C@H]2CN(C(=O)c2nccc4[nH]ccc24)C3)cc1O. The van der Waals surface area contributed by atoms with Crippen LogP contribution in [0, 0.1) is 6.92 Å². The maximum absolute atomic E-state index is 13.2. The Balaban J connectivity index is 1.38. The van der Waals surface area contributed by atoms with E-state index in [9.17, 15) is 14.7 Å². The smallest absolute Gasteiger partial charge is 0.273 e. The number of aromatic hydroxyl groups is 1. The number of aromatic amines is 1. The lowest BCUT2D eigenvalue weighted by atomic mass is 10.1. The van der Waals surface area contributed by atoms with Gasteiger partial charge in [0.25, 0.3) is 11.8 Å². The number of phenolic OH excluding ortho intramolecular Hbond substituents is 1. The Labute approximate surface area is 168 Å². The summed E-state index contributed by atoms with van der Waals surface area (Å²) in [5.74, 6) is -0.0411. The van der Waals surface area contributed by atoms with Gasteiger partial charge in [-0.15, -0.1) is 0 Å². The van der Waals surface area contributed by atoms with Gasteiger partial charge in [0, 0.05) is 41.9 Å². The second-order valence-electron chi connectivity index (χ2n) is 7.91. The second kappa shape index (κ2) is 6.62. The van der Waals surface area contributed by atoms with Gasteiger partial charge in [0.2, 0.25) is 0 Å². The number of nitrogens with zero attached hydrogens (tertiary/aromatic N) is 3.